The first kappa shape index (κ1) is 22.9. The smallest absolute Gasteiger partial charge is 0.234 e. The van der Waals surface area contributed by atoms with E-state index in [0.717, 1.165) is 71.5 Å². The highest BCUT2D eigenvalue weighted by Crippen LogP contribution is 2.05. The van der Waals surface area contributed by atoms with Gasteiger partial charge in [0.2, 0.25) is 5.91 Å². The van der Waals surface area contributed by atoms with Crippen LogP contribution in [0.5, 0.6) is 0 Å². The zero-order valence-electron chi connectivity index (χ0n) is 17.8. The molecule has 1 unspecified atom stereocenters. The number of hydrogen-bond donors (Lipinski definition) is 2. The molecule has 2 aliphatic rings. The SMILES string of the molecule is CN=C(NCC(C)CN1CCOCC1)N1CCN(CC(=O)NCCOC)CC1. The van der Waals surface area contributed by atoms with Gasteiger partial charge in [0, 0.05) is 73.1 Å². The summed E-state index contributed by atoms with van der Waals surface area (Å²) in [5.74, 6) is 1.56. The second kappa shape index (κ2) is 12.9. The number of morpholine rings is 1. The Morgan fingerprint density at radius 3 is 2.46 bits per heavy atom. The van der Waals surface area contributed by atoms with Gasteiger partial charge in [-0.05, 0) is 5.92 Å². The third kappa shape index (κ3) is 8.30. The van der Waals surface area contributed by atoms with Crippen LogP contribution in [0, 0.1) is 5.92 Å². The summed E-state index contributed by atoms with van der Waals surface area (Å²) in [6.45, 7) is 13.0. The van der Waals surface area contributed by atoms with E-state index in [2.05, 4.69) is 37.2 Å². The Labute approximate surface area is 169 Å². The third-order valence-electron chi connectivity index (χ3n) is 5.16. The largest absolute Gasteiger partial charge is 0.383 e. The molecular formula is C19H38N6O3. The highest BCUT2D eigenvalue weighted by molar-refractivity contribution is 5.80. The van der Waals surface area contributed by atoms with E-state index in [4.69, 9.17) is 9.47 Å². The number of piperazine rings is 1. The van der Waals surface area contributed by atoms with Crippen LogP contribution in [0.3, 0.4) is 0 Å². The lowest BCUT2D eigenvalue weighted by molar-refractivity contribution is -0.122. The van der Waals surface area contributed by atoms with Gasteiger partial charge < -0.3 is 25.0 Å². The fourth-order valence-corrected chi connectivity index (χ4v) is 3.56. The highest BCUT2D eigenvalue weighted by Gasteiger charge is 2.21. The molecule has 0 bridgehead atoms. The third-order valence-corrected chi connectivity index (χ3v) is 5.16. The second-order valence-corrected chi connectivity index (χ2v) is 7.55. The van der Waals surface area contributed by atoms with Gasteiger partial charge in [-0.25, -0.2) is 0 Å². The van der Waals surface area contributed by atoms with Crippen molar-refractivity contribution < 1.29 is 14.3 Å². The van der Waals surface area contributed by atoms with Gasteiger partial charge in [0.05, 0.1) is 26.4 Å². The van der Waals surface area contributed by atoms with Gasteiger partial charge in [0.25, 0.3) is 0 Å². The minimum absolute atomic E-state index is 0.0601. The highest BCUT2D eigenvalue weighted by atomic mass is 16.5. The molecule has 0 saturated carbocycles. The Kier molecular flexibility index (Phi) is 10.6. The molecule has 2 fully saturated rings. The van der Waals surface area contributed by atoms with E-state index in [0.29, 0.717) is 25.6 Å². The molecule has 28 heavy (non-hydrogen) atoms. The predicted octanol–water partition coefficient (Wildman–Crippen LogP) is -1.09. The number of aliphatic imine (C=N–C) groups is 1. The number of carbonyl (C=O) groups is 1. The number of ether oxygens (including phenoxy) is 2. The maximum atomic E-state index is 11.9. The number of amides is 1. The van der Waals surface area contributed by atoms with Gasteiger partial charge in [-0.1, -0.05) is 6.92 Å². The van der Waals surface area contributed by atoms with E-state index in [1.165, 1.54) is 0 Å². The van der Waals surface area contributed by atoms with E-state index in [-0.39, 0.29) is 5.91 Å². The average Bonchev–Trinajstić information content (AvgIpc) is 2.70. The van der Waals surface area contributed by atoms with Gasteiger partial charge in [-0.15, -0.1) is 0 Å². The summed E-state index contributed by atoms with van der Waals surface area (Å²) in [6.07, 6.45) is 0. The molecule has 2 heterocycles. The van der Waals surface area contributed by atoms with Crippen molar-refractivity contribution in [3.05, 3.63) is 0 Å². The zero-order chi connectivity index (χ0) is 20.2. The summed E-state index contributed by atoms with van der Waals surface area (Å²) >= 11 is 0. The van der Waals surface area contributed by atoms with Crippen LogP contribution in [-0.4, -0.2) is 126 Å². The first-order chi connectivity index (χ1) is 13.6. The number of rotatable bonds is 9. The number of methoxy groups -OCH3 is 1. The molecule has 9 heteroatoms. The minimum atomic E-state index is 0.0601. The van der Waals surface area contributed by atoms with Crippen LogP contribution in [0.1, 0.15) is 6.92 Å². The monoisotopic (exact) mass is 398 g/mol. The number of nitrogens with one attached hydrogen (secondary N) is 2. The summed E-state index contributed by atoms with van der Waals surface area (Å²) in [4.78, 5) is 23.3. The van der Waals surface area contributed by atoms with E-state index in [1.807, 2.05) is 7.05 Å². The Morgan fingerprint density at radius 1 is 1.11 bits per heavy atom. The molecule has 162 valence electrons. The van der Waals surface area contributed by atoms with Crippen LogP contribution in [0.25, 0.3) is 0 Å². The Bertz CT molecular complexity index is 476. The normalized spacial score (nSPS) is 20.8. The Morgan fingerprint density at radius 2 is 1.82 bits per heavy atom. The van der Waals surface area contributed by atoms with Crippen molar-refractivity contribution in [3.63, 3.8) is 0 Å². The van der Waals surface area contributed by atoms with Crippen molar-refractivity contribution in [1.82, 2.24) is 25.3 Å². The molecule has 1 amide bonds. The average molecular weight is 399 g/mol. The van der Waals surface area contributed by atoms with Crippen molar-refractivity contribution in [2.24, 2.45) is 10.9 Å². The van der Waals surface area contributed by atoms with E-state index >= 15 is 0 Å². The lowest BCUT2D eigenvalue weighted by atomic mass is 10.1. The van der Waals surface area contributed by atoms with Crippen LogP contribution in [-0.2, 0) is 14.3 Å². The van der Waals surface area contributed by atoms with Crippen LogP contribution in [0.2, 0.25) is 0 Å². The lowest BCUT2D eigenvalue weighted by Gasteiger charge is -2.36. The molecule has 2 rings (SSSR count). The number of carbonyl (C=O) groups excluding carboxylic acids is 1. The number of hydrogen-bond acceptors (Lipinski definition) is 6. The summed E-state index contributed by atoms with van der Waals surface area (Å²) in [6, 6.07) is 0. The Balaban J connectivity index is 1.64. The van der Waals surface area contributed by atoms with E-state index in [9.17, 15) is 4.79 Å². The zero-order valence-corrected chi connectivity index (χ0v) is 17.8. The minimum Gasteiger partial charge on any atom is -0.383 e. The molecule has 2 N–H and O–H groups in total. The fourth-order valence-electron chi connectivity index (χ4n) is 3.56. The predicted molar refractivity (Wildman–Crippen MR) is 111 cm³/mol. The second-order valence-electron chi connectivity index (χ2n) is 7.55. The van der Waals surface area contributed by atoms with Crippen molar-refractivity contribution >= 4 is 11.9 Å². The molecule has 0 aromatic heterocycles. The molecule has 0 radical (unpaired) electrons. The molecule has 0 aromatic rings. The first-order valence-electron chi connectivity index (χ1n) is 10.4. The van der Waals surface area contributed by atoms with Crippen LogP contribution >= 0.6 is 0 Å². The molecule has 1 atom stereocenters. The van der Waals surface area contributed by atoms with Crippen molar-refractivity contribution in [2.75, 3.05) is 99.4 Å². The van der Waals surface area contributed by atoms with Gasteiger partial charge >= 0.3 is 0 Å². The maximum Gasteiger partial charge on any atom is 0.234 e. The summed E-state index contributed by atoms with van der Waals surface area (Å²) in [5, 5.41) is 6.40. The van der Waals surface area contributed by atoms with Gasteiger partial charge in [0.1, 0.15) is 0 Å². The summed E-state index contributed by atoms with van der Waals surface area (Å²) in [5.41, 5.74) is 0. The van der Waals surface area contributed by atoms with Gasteiger partial charge in [0.15, 0.2) is 5.96 Å². The molecule has 9 nitrogen and oxygen atoms in total. The van der Waals surface area contributed by atoms with Crippen LogP contribution in [0.4, 0.5) is 0 Å². The van der Waals surface area contributed by atoms with Gasteiger partial charge in [-0.3, -0.25) is 19.6 Å². The number of nitrogens with zero attached hydrogens (tertiary/aromatic N) is 4. The quantitative estimate of drug-likeness (QED) is 0.290. The van der Waals surface area contributed by atoms with Crippen LogP contribution < -0.4 is 10.6 Å². The van der Waals surface area contributed by atoms with Crippen molar-refractivity contribution in [1.29, 1.82) is 0 Å². The summed E-state index contributed by atoms with van der Waals surface area (Å²) < 4.78 is 10.4. The maximum absolute atomic E-state index is 11.9. The molecule has 2 aliphatic heterocycles. The number of guanidine groups is 1. The van der Waals surface area contributed by atoms with Crippen molar-refractivity contribution in [3.8, 4) is 0 Å². The first-order valence-corrected chi connectivity index (χ1v) is 10.4. The molecular weight excluding hydrogens is 360 g/mol. The molecule has 0 spiro atoms. The molecule has 2 saturated heterocycles. The van der Waals surface area contributed by atoms with Crippen LogP contribution in [0.15, 0.2) is 4.99 Å². The van der Waals surface area contributed by atoms with E-state index in [1.54, 1.807) is 7.11 Å². The van der Waals surface area contributed by atoms with Gasteiger partial charge in [-0.2, -0.15) is 0 Å². The van der Waals surface area contributed by atoms with Crippen molar-refractivity contribution in [2.45, 2.75) is 6.92 Å². The molecule has 0 aliphatic carbocycles. The standard InChI is InChI=1S/C19H38N6O3/c1-17(15-24-9-12-28-13-10-24)14-22-19(20-2)25-7-5-23(6-8-25)16-18(26)21-4-11-27-3/h17H,4-16H2,1-3H3,(H,20,22)(H,21,26). The lowest BCUT2D eigenvalue weighted by Crippen LogP contribution is -2.54. The molecule has 0 aromatic carbocycles. The van der Waals surface area contributed by atoms with E-state index < -0.39 is 0 Å². The fraction of sp³-hybridized carbons (Fsp3) is 0.895. The summed E-state index contributed by atoms with van der Waals surface area (Å²) in [7, 11) is 3.47. The Hall–Kier alpha value is -1.42. The topological polar surface area (TPSA) is 81.7 Å².